The third-order valence-electron chi connectivity index (χ3n) is 3.20. The quantitative estimate of drug-likeness (QED) is 0.746. The minimum atomic E-state index is -0.161. The summed E-state index contributed by atoms with van der Waals surface area (Å²) in [5.41, 5.74) is 1.98. The monoisotopic (exact) mass is 334 g/mol. The highest BCUT2D eigenvalue weighted by molar-refractivity contribution is 7.98. The summed E-state index contributed by atoms with van der Waals surface area (Å²) in [6.45, 7) is 1.18. The molecule has 23 heavy (non-hydrogen) atoms. The van der Waals surface area contributed by atoms with Crippen LogP contribution in [0, 0.1) is 0 Å². The maximum atomic E-state index is 12.2. The van der Waals surface area contributed by atoms with Crippen LogP contribution < -0.4 is 5.32 Å². The summed E-state index contributed by atoms with van der Waals surface area (Å²) < 4.78 is 10.3. The first-order valence-electron chi connectivity index (χ1n) is 7.39. The van der Waals surface area contributed by atoms with E-state index in [0.717, 1.165) is 29.6 Å². The first kappa shape index (κ1) is 17.4. The number of carbonyl (C=O) groups excluding carboxylic acids is 1. The summed E-state index contributed by atoms with van der Waals surface area (Å²) in [4.78, 5) is 13.8. The molecule has 1 aromatic heterocycles. The van der Waals surface area contributed by atoms with Crippen LogP contribution in [0.4, 0.5) is 10.5 Å². The van der Waals surface area contributed by atoms with Gasteiger partial charge in [0.05, 0.1) is 19.4 Å². The SMILES string of the molecule is COCCSCc1cccc(NC(=O)N(C)Cc2ccco2)c1. The van der Waals surface area contributed by atoms with Gasteiger partial charge in [-0.2, -0.15) is 11.8 Å². The average molecular weight is 334 g/mol. The van der Waals surface area contributed by atoms with Gasteiger partial charge in [-0.3, -0.25) is 0 Å². The molecule has 1 aromatic carbocycles. The Kier molecular flexibility index (Phi) is 7.03. The molecule has 0 radical (unpaired) electrons. The van der Waals surface area contributed by atoms with Gasteiger partial charge in [0.2, 0.25) is 0 Å². The lowest BCUT2D eigenvalue weighted by Crippen LogP contribution is -2.30. The summed E-state index contributed by atoms with van der Waals surface area (Å²) in [5.74, 6) is 2.61. The van der Waals surface area contributed by atoms with Crippen LogP contribution in [0.1, 0.15) is 11.3 Å². The third-order valence-corrected chi connectivity index (χ3v) is 4.19. The highest BCUT2D eigenvalue weighted by atomic mass is 32.2. The van der Waals surface area contributed by atoms with Crippen molar-refractivity contribution in [1.29, 1.82) is 0 Å². The summed E-state index contributed by atoms with van der Waals surface area (Å²) in [6, 6.07) is 11.4. The molecule has 0 aliphatic heterocycles. The number of anilines is 1. The van der Waals surface area contributed by atoms with E-state index in [1.807, 2.05) is 42.1 Å². The van der Waals surface area contributed by atoms with E-state index in [-0.39, 0.29) is 6.03 Å². The van der Waals surface area contributed by atoms with E-state index in [4.69, 9.17) is 9.15 Å². The van der Waals surface area contributed by atoms with Crippen LogP contribution in [0.5, 0.6) is 0 Å². The Labute approximate surface area is 141 Å². The molecule has 124 valence electrons. The average Bonchev–Trinajstić information content (AvgIpc) is 3.05. The van der Waals surface area contributed by atoms with Gasteiger partial charge in [0.25, 0.3) is 0 Å². The van der Waals surface area contributed by atoms with Crippen molar-refractivity contribution in [3.05, 3.63) is 54.0 Å². The van der Waals surface area contributed by atoms with E-state index in [1.54, 1.807) is 25.3 Å². The first-order valence-corrected chi connectivity index (χ1v) is 8.54. The summed E-state index contributed by atoms with van der Waals surface area (Å²) in [7, 11) is 3.44. The maximum Gasteiger partial charge on any atom is 0.321 e. The molecule has 0 saturated carbocycles. The van der Waals surface area contributed by atoms with E-state index in [9.17, 15) is 4.79 Å². The van der Waals surface area contributed by atoms with E-state index < -0.39 is 0 Å². The molecule has 2 rings (SSSR count). The number of methoxy groups -OCH3 is 1. The molecule has 0 fully saturated rings. The molecule has 0 spiro atoms. The van der Waals surface area contributed by atoms with Crippen molar-refractivity contribution in [3.63, 3.8) is 0 Å². The van der Waals surface area contributed by atoms with Crippen molar-refractivity contribution in [2.45, 2.75) is 12.3 Å². The van der Waals surface area contributed by atoms with Crippen molar-refractivity contribution in [3.8, 4) is 0 Å². The second-order valence-corrected chi connectivity index (χ2v) is 6.22. The van der Waals surface area contributed by atoms with Gasteiger partial charge in [0, 0.05) is 31.4 Å². The molecule has 0 bridgehead atoms. The number of urea groups is 1. The predicted octanol–water partition coefficient (Wildman–Crippen LogP) is 3.82. The van der Waals surface area contributed by atoms with Crippen LogP contribution in [0.25, 0.3) is 0 Å². The molecular formula is C17H22N2O3S. The minimum absolute atomic E-state index is 0.161. The smallest absolute Gasteiger partial charge is 0.321 e. The van der Waals surface area contributed by atoms with Gasteiger partial charge in [0.15, 0.2) is 0 Å². The number of nitrogens with zero attached hydrogens (tertiary/aromatic N) is 1. The molecule has 0 unspecified atom stereocenters. The zero-order valence-electron chi connectivity index (χ0n) is 13.5. The molecule has 1 heterocycles. The number of hydrogen-bond acceptors (Lipinski definition) is 4. The van der Waals surface area contributed by atoms with Gasteiger partial charge in [-0.1, -0.05) is 12.1 Å². The van der Waals surface area contributed by atoms with Crippen LogP contribution in [-0.4, -0.2) is 37.4 Å². The lowest BCUT2D eigenvalue weighted by atomic mass is 10.2. The molecular weight excluding hydrogens is 312 g/mol. The molecule has 0 atom stereocenters. The number of amides is 2. The Morgan fingerprint density at radius 3 is 2.96 bits per heavy atom. The van der Waals surface area contributed by atoms with Crippen molar-refractivity contribution in [1.82, 2.24) is 4.90 Å². The fraction of sp³-hybridized carbons (Fsp3) is 0.353. The van der Waals surface area contributed by atoms with Gasteiger partial charge in [-0.05, 0) is 29.8 Å². The lowest BCUT2D eigenvalue weighted by molar-refractivity contribution is 0.217. The number of nitrogens with one attached hydrogen (secondary N) is 1. The van der Waals surface area contributed by atoms with Crippen molar-refractivity contribution in [2.75, 3.05) is 31.8 Å². The topological polar surface area (TPSA) is 54.7 Å². The largest absolute Gasteiger partial charge is 0.467 e. The van der Waals surface area contributed by atoms with E-state index in [0.29, 0.717) is 6.54 Å². The molecule has 2 amide bonds. The summed E-state index contributed by atoms with van der Waals surface area (Å²) in [5, 5.41) is 2.91. The Bertz CT molecular complexity index is 602. The number of benzene rings is 1. The van der Waals surface area contributed by atoms with Gasteiger partial charge in [0.1, 0.15) is 5.76 Å². The van der Waals surface area contributed by atoms with Crippen LogP contribution >= 0.6 is 11.8 Å². The van der Waals surface area contributed by atoms with Crippen molar-refractivity contribution >= 4 is 23.5 Å². The van der Waals surface area contributed by atoms with Crippen LogP contribution in [0.15, 0.2) is 47.1 Å². The molecule has 0 aliphatic carbocycles. The standard InChI is InChI=1S/C17H22N2O3S/c1-19(12-16-7-4-8-22-16)17(20)18-15-6-3-5-14(11-15)13-23-10-9-21-2/h3-8,11H,9-10,12-13H2,1-2H3,(H,18,20). The van der Waals surface area contributed by atoms with E-state index >= 15 is 0 Å². The minimum Gasteiger partial charge on any atom is -0.467 e. The van der Waals surface area contributed by atoms with E-state index in [2.05, 4.69) is 11.4 Å². The Balaban J connectivity index is 1.85. The number of ether oxygens (including phenoxy) is 1. The highest BCUT2D eigenvalue weighted by Crippen LogP contribution is 2.17. The number of furan rings is 1. The third kappa shape index (κ3) is 6.00. The Morgan fingerprint density at radius 1 is 1.35 bits per heavy atom. The number of hydrogen-bond donors (Lipinski definition) is 1. The summed E-state index contributed by atoms with van der Waals surface area (Å²) in [6.07, 6.45) is 1.60. The van der Waals surface area contributed by atoms with Crippen LogP contribution in [0.3, 0.4) is 0 Å². The Hall–Kier alpha value is -1.92. The second kappa shape index (κ2) is 9.27. The molecule has 1 N–H and O–H groups in total. The number of thioether (sulfide) groups is 1. The van der Waals surface area contributed by atoms with Crippen molar-refractivity contribution < 1.29 is 13.9 Å². The number of carbonyl (C=O) groups is 1. The maximum absolute atomic E-state index is 12.2. The predicted molar refractivity (Wildman–Crippen MR) is 93.7 cm³/mol. The van der Waals surface area contributed by atoms with E-state index in [1.165, 1.54) is 5.56 Å². The fourth-order valence-electron chi connectivity index (χ4n) is 2.00. The van der Waals surface area contributed by atoms with Crippen LogP contribution in [0.2, 0.25) is 0 Å². The Morgan fingerprint density at radius 2 is 2.22 bits per heavy atom. The summed E-state index contributed by atoms with van der Waals surface area (Å²) >= 11 is 1.81. The molecule has 5 nitrogen and oxygen atoms in total. The molecule has 6 heteroatoms. The lowest BCUT2D eigenvalue weighted by Gasteiger charge is -2.17. The zero-order chi connectivity index (χ0) is 16.5. The second-order valence-electron chi connectivity index (χ2n) is 5.11. The molecule has 2 aromatic rings. The van der Waals surface area contributed by atoms with Crippen molar-refractivity contribution in [2.24, 2.45) is 0 Å². The molecule has 0 aliphatic rings. The number of rotatable bonds is 8. The zero-order valence-corrected chi connectivity index (χ0v) is 14.3. The first-order chi connectivity index (χ1) is 11.2. The van der Waals surface area contributed by atoms with Gasteiger partial charge in [-0.25, -0.2) is 4.79 Å². The fourth-order valence-corrected chi connectivity index (χ4v) is 2.84. The van der Waals surface area contributed by atoms with Crippen LogP contribution in [-0.2, 0) is 17.0 Å². The molecule has 0 saturated heterocycles. The highest BCUT2D eigenvalue weighted by Gasteiger charge is 2.10. The van der Waals surface area contributed by atoms with Gasteiger partial charge < -0.3 is 19.4 Å². The van der Waals surface area contributed by atoms with Gasteiger partial charge >= 0.3 is 6.03 Å². The van der Waals surface area contributed by atoms with Gasteiger partial charge in [-0.15, -0.1) is 0 Å². The normalized spacial score (nSPS) is 10.5.